The standard InChI is InChI=1S/C19H26FNO2/c1-3-17-15(18(4-2)23-21-17)11-7-5-6-10-14-22-19-13-9-8-12-16(19)20/h8-9,12-13H,3-7,10-11,14H2,1-2H3. The summed E-state index contributed by atoms with van der Waals surface area (Å²) < 4.78 is 24.2. The van der Waals surface area contributed by atoms with Crippen molar-refractivity contribution in [2.75, 3.05) is 6.61 Å². The number of hydrogen-bond acceptors (Lipinski definition) is 3. The summed E-state index contributed by atoms with van der Waals surface area (Å²) in [7, 11) is 0. The number of aromatic nitrogens is 1. The van der Waals surface area contributed by atoms with Gasteiger partial charge in [-0.3, -0.25) is 0 Å². The number of nitrogens with zero attached hydrogens (tertiary/aromatic N) is 1. The number of ether oxygens (including phenoxy) is 1. The number of para-hydroxylation sites is 1. The molecule has 0 aliphatic rings. The fourth-order valence-electron chi connectivity index (χ4n) is 2.72. The van der Waals surface area contributed by atoms with Gasteiger partial charge < -0.3 is 9.26 Å². The molecular formula is C19H26FNO2. The van der Waals surface area contributed by atoms with Gasteiger partial charge >= 0.3 is 0 Å². The van der Waals surface area contributed by atoms with E-state index in [1.807, 2.05) is 0 Å². The van der Waals surface area contributed by atoms with Crippen molar-refractivity contribution in [3.05, 3.63) is 47.1 Å². The van der Waals surface area contributed by atoms with E-state index in [0.717, 1.165) is 56.4 Å². The molecule has 0 saturated heterocycles. The lowest BCUT2D eigenvalue weighted by atomic mass is 10.0. The summed E-state index contributed by atoms with van der Waals surface area (Å²) in [4.78, 5) is 0. The highest BCUT2D eigenvalue weighted by atomic mass is 19.1. The van der Waals surface area contributed by atoms with Crippen LogP contribution in [-0.2, 0) is 19.3 Å². The van der Waals surface area contributed by atoms with Gasteiger partial charge in [-0.05, 0) is 37.8 Å². The zero-order valence-corrected chi connectivity index (χ0v) is 14.1. The minimum Gasteiger partial charge on any atom is -0.491 e. The molecule has 0 fully saturated rings. The fourth-order valence-corrected chi connectivity index (χ4v) is 2.72. The number of unbranched alkanes of at least 4 members (excludes halogenated alkanes) is 3. The summed E-state index contributed by atoms with van der Waals surface area (Å²) >= 11 is 0. The van der Waals surface area contributed by atoms with E-state index in [-0.39, 0.29) is 5.82 Å². The first-order chi connectivity index (χ1) is 11.3. The van der Waals surface area contributed by atoms with Gasteiger partial charge in [-0.15, -0.1) is 0 Å². The minimum absolute atomic E-state index is 0.292. The quantitative estimate of drug-likeness (QED) is 0.570. The van der Waals surface area contributed by atoms with Crippen molar-refractivity contribution in [3.63, 3.8) is 0 Å². The average molecular weight is 319 g/mol. The molecule has 0 aliphatic heterocycles. The van der Waals surface area contributed by atoms with Gasteiger partial charge in [-0.2, -0.15) is 0 Å². The maximum absolute atomic E-state index is 13.4. The molecule has 126 valence electrons. The van der Waals surface area contributed by atoms with Gasteiger partial charge in [0.1, 0.15) is 5.76 Å². The van der Waals surface area contributed by atoms with Crippen LogP contribution in [0.15, 0.2) is 28.8 Å². The summed E-state index contributed by atoms with van der Waals surface area (Å²) in [6.07, 6.45) is 7.15. The monoisotopic (exact) mass is 319 g/mol. The number of benzene rings is 1. The van der Waals surface area contributed by atoms with Gasteiger partial charge in [0.05, 0.1) is 12.3 Å². The lowest BCUT2D eigenvalue weighted by Crippen LogP contribution is -1.99. The number of aryl methyl sites for hydroxylation is 2. The van der Waals surface area contributed by atoms with Gasteiger partial charge in [0, 0.05) is 12.0 Å². The maximum Gasteiger partial charge on any atom is 0.165 e. The summed E-state index contributed by atoms with van der Waals surface area (Å²) in [5.41, 5.74) is 2.40. The molecule has 0 saturated carbocycles. The first-order valence-corrected chi connectivity index (χ1v) is 8.59. The van der Waals surface area contributed by atoms with Gasteiger partial charge in [-0.1, -0.05) is 44.0 Å². The van der Waals surface area contributed by atoms with Crippen LogP contribution < -0.4 is 4.74 Å². The highest BCUT2D eigenvalue weighted by Gasteiger charge is 2.12. The molecule has 0 unspecified atom stereocenters. The molecule has 4 heteroatoms. The Morgan fingerprint density at radius 3 is 2.57 bits per heavy atom. The highest BCUT2D eigenvalue weighted by Crippen LogP contribution is 2.19. The smallest absolute Gasteiger partial charge is 0.165 e. The molecule has 0 aliphatic carbocycles. The fraction of sp³-hybridized carbons (Fsp3) is 0.526. The lowest BCUT2D eigenvalue weighted by molar-refractivity contribution is 0.290. The van der Waals surface area contributed by atoms with Crippen molar-refractivity contribution in [1.29, 1.82) is 0 Å². The topological polar surface area (TPSA) is 35.3 Å². The van der Waals surface area contributed by atoms with Crippen molar-refractivity contribution in [3.8, 4) is 5.75 Å². The third kappa shape index (κ3) is 5.08. The Morgan fingerprint density at radius 1 is 1.04 bits per heavy atom. The molecule has 1 aromatic heterocycles. The first-order valence-electron chi connectivity index (χ1n) is 8.59. The predicted molar refractivity (Wildman–Crippen MR) is 89.3 cm³/mol. The molecule has 0 bridgehead atoms. The summed E-state index contributed by atoms with van der Waals surface area (Å²) in [6, 6.07) is 6.54. The maximum atomic E-state index is 13.4. The molecule has 3 nitrogen and oxygen atoms in total. The van der Waals surface area contributed by atoms with E-state index in [0.29, 0.717) is 12.4 Å². The zero-order valence-electron chi connectivity index (χ0n) is 14.1. The van der Waals surface area contributed by atoms with Crippen molar-refractivity contribution in [1.82, 2.24) is 5.16 Å². The average Bonchev–Trinajstić information content (AvgIpc) is 2.97. The lowest BCUT2D eigenvalue weighted by Gasteiger charge is -2.07. The van der Waals surface area contributed by atoms with Gasteiger partial charge in [-0.25, -0.2) is 4.39 Å². The number of halogens is 1. The van der Waals surface area contributed by atoms with Crippen molar-refractivity contribution < 1.29 is 13.7 Å². The van der Waals surface area contributed by atoms with E-state index in [1.54, 1.807) is 18.2 Å². The van der Waals surface area contributed by atoms with Crippen LogP contribution in [0.1, 0.15) is 56.5 Å². The summed E-state index contributed by atoms with van der Waals surface area (Å²) in [5, 5.41) is 4.15. The van der Waals surface area contributed by atoms with Crippen LogP contribution in [0, 0.1) is 5.82 Å². The van der Waals surface area contributed by atoms with E-state index < -0.39 is 0 Å². The second kappa shape index (κ2) is 9.33. The third-order valence-electron chi connectivity index (χ3n) is 4.02. The van der Waals surface area contributed by atoms with Crippen molar-refractivity contribution in [2.24, 2.45) is 0 Å². The molecule has 2 rings (SSSR count). The molecule has 0 atom stereocenters. The number of rotatable bonds is 10. The van der Waals surface area contributed by atoms with Crippen LogP contribution in [0.2, 0.25) is 0 Å². The Bertz CT molecular complexity index is 573. The second-order valence-corrected chi connectivity index (χ2v) is 5.68. The minimum atomic E-state index is -0.292. The highest BCUT2D eigenvalue weighted by molar-refractivity contribution is 5.24. The summed E-state index contributed by atoms with van der Waals surface area (Å²) in [5.74, 6) is 1.08. The first kappa shape index (κ1) is 17.5. The molecule has 0 radical (unpaired) electrons. The molecule has 0 spiro atoms. The Morgan fingerprint density at radius 2 is 1.83 bits per heavy atom. The normalized spacial score (nSPS) is 10.9. The van der Waals surface area contributed by atoms with Crippen LogP contribution in [0.5, 0.6) is 5.75 Å². The van der Waals surface area contributed by atoms with Crippen LogP contribution in [-0.4, -0.2) is 11.8 Å². The van der Waals surface area contributed by atoms with E-state index >= 15 is 0 Å². The van der Waals surface area contributed by atoms with Crippen molar-refractivity contribution >= 4 is 0 Å². The van der Waals surface area contributed by atoms with E-state index in [4.69, 9.17) is 9.26 Å². The Labute approximate surface area is 137 Å². The van der Waals surface area contributed by atoms with Gasteiger partial charge in [0.2, 0.25) is 0 Å². The Balaban J connectivity index is 1.63. The van der Waals surface area contributed by atoms with E-state index in [2.05, 4.69) is 19.0 Å². The van der Waals surface area contributed by atoms with Gasteiger partial charge in [0.15, 0.2) is 11.6 Å². The van der Waals surface area contributed by atoms with E-state index in [1.165, 1.54) is 11.6 Å². The molecule has 1 heterocycles. The molecule has 23 heavy (non-hydrogen) atoms. The second-order valence-electron chi connectivity index (χ2n) is 5.68. The van der Waals surface area contributed by atoms with E-state index in [9.17, 15) is 4.39 Å². The largest absolute Gasteiger partial charge is 0.491 e. The number of hydrogen-bond donors (Lipinski definition) is 0. The zero-order chi connectivity index (χ0) is 16.5. The van der Waals surface area contributed by atoms with Crippen LogP contribution in [0.25, 0.3) is 0 Å². The van der Waals surface area contributed by atoms with Gasteiger partial charge in [0.25, 0.3) is 0 Å². The van der Waals surface area contributed by atoms with Crippen molar-refractivity contribution in [2.45, 2.75) is 58.8 Å². The molecular weight excluding hydrogens is 293 g/mol. The molecule has 0 amide bonds. The summed E-state index contributed by atoms with van der Waals surface area (Å²) in [6.45, 7) is 4.78. The SMILES string of the molecule is CCc1noc(CC)c1CCCCCCOc1ccccc1F. The molecule has 2 aromatic rings. The van der Waals surface area contributed by atoms with Crippen LogP contribution in [0.3, 0.4) is 0 Å². The Kier molecular flexibility index (Phi) is 7.11. The van der Waals surface area contributed by atoms with Crippen LogP contribution >= 0.6 is 0 Å². The molecule has 0 N–H and O–H groups in total. The predicted octanol–water partition coefficient (Wildman–Crippen LogP) is 5.12. The van der Waals surface area contributed by atoms with Crippen LogP contribution in [0.4, 0.5) is 4.39 Å². The Hall–Kier alpha value is -1.84. The molecule has 1 aromatic carbocycles. The third-order valence-corrected chi connectivity index (χ3v) is 4.02.